The van der Waals surface area contributed by atoms with Crippen LogP contribution in [0.5, 0.6) is 0 Å². The SMILES string of the molecule is CC[C@]1(C)Cc2ccccc2-c2nc(SC(C)C)n(CCc3ccccc3)c(=O)c21. The molecule has 0 amide bonds. The number of fused-ring (bicyclic) bond motifs is 3. The quantitative estimate of drug-likeness (QED) is 0.370. The van der Waals surface area contributed by atoms with Gasteiger partial charge in [-0.15, -0.1) is 0 Å². The summed E-state index contributed by atoms with van der Waals surface area (Å²) in [5.74, 6) is 0. The summed E-state index contributed by atoms with van der Waals surface area (Å²) in [5, 5.41) is 1.19. The van der Waals surface area contributed by atoms with E-state index in [2.05, 4.69) is 76.2 Å². The normalized spacial score (nSPS) is 17.6. The zero-order chi connectivity index (χ0) is 21.3. The third-order valence-corrected chi connectivity index (χ3v) is 7.17. The van der Waals surface area contributed by atoms with Crippen molar-refractivity contribution in [3.8, 4) is 11.3 Å². The van der Waals surface area contributed by atoms with Crippen LogP contribution < -0.4 is 5.56 Å². The van der Waals surface area contributed by atoms with Crippen molar-refractivity contribution < 1.29 is 0 Å². The van der Waals surface area contributed by atoms with Crippen molar-refractivity contribution in [2.75, 3.05) is 0 Å². The van der Waals surface area contributed by atoms with Gasteiger partial charge in [0, 0.05) is 22.8 Å². The summed E-state index contributed by atoms with van der Waals surface area (Å²) < 4.78 is 1.93. The number of thioether (sulfide) groups is 1. The average molecular weight is 419 g/mol. The van der Waals surface area contributed by atoms with Crippen molar-refractivity contribution in [1.82, 2.24) is 9.55 Å². The molecule has 0 saturated heterocycles. The lowest BCUT2D eigenvalue weighted by Gasteiger charge is -2.36. The molecule has 156 valence electrons. The fraction of sp³-hybridized carbons (Fsp3) is 0.385. The Bertz CT molecular complexity index is 1100. The highest BCUT2D eigenvalue weighted by atomic mass is 32.2. The molecule has 1 atom stereocenters. The van der Waals surface area contributed by atoms with Crippen molar-refractivity contribution >= 4 is 11.8 Å². The Balaban J connectivity index is 1.89. The molecule has 0 unspecified atom stereocenters. The maximum Gasteiger partial charge on any atom is 0.258 e. The van der Waals surface area contributed by atoms with Crippen molar-refractivity contribution in [3.63, 3.8) is 0 Å². The first-order chi connectivity index (χ1) is 14.4. The number of hydrogen-bond donors (Lipinski definition) is 0. The molecule has 1 heterocycles. The predicted molar refractivity (Wildman–Crippen MR) is 126 cm³/mol. The number of rotatable bonds is 6. The highest BCUT2D eigenvalue weighted by Gasteiger charge is 2.38. The Morgan fingerprint density at radius 2 is 1.80 bits per heavy atom. The number of benzene rings is 2. The molecule has 2 aromatic carbocycles. The van der Waals surface area contributed by atoms with E-state index in [1.54, 1.807) is 11.8 Å². The minimum absolute atomic E-state index is 0.137. The van der Waals surface area contributed by atoms with E-state index in [-0.39, 0.29) is 11.0 Å². The van der Waals surface area contributed by atoms with Crippen molar-refractivity contribution in [2.45, 2.75) is 69.3 Å². The summed E-state index contributed by atoms with van der Waals surface area (Å²) in [6, 6.07) is 18.8. The maximum absolute atomic E-state index is 13.9. The summed E-state index contributed by atoms with van der Waals surface area (Å²) in [6.45, 7) is 9.37. The molecule has 0 fully saturated rings. The maximum atomic E-state index is 13.9. The molecule has 0 saturated carbocycles. The van der Waals surface area contributed by atoms with Gasteiger partial charge in [0.05, 0.1) is 11.3 Å². The highest BCUT2D eigenvalue weighted by molar-refractivity contribution is 7.99. The van der Waals surface area contributed by atoms with Gasteiger partial charge in [0.15, 0.2) is 5.16 Å². The highest BCUT2D eigenvalue weighted by Crippen LogP contribution is 2.43. The summed E-state index contributed by atoms with van der Waals surface area (Å²) in [5.41, 5.74) is 5.39. The van der Waals surface area contributed by atoms with Gasteiger partial charge in [-0.05, 0) is 30.4 Å². The second-order valence-electron chi connectivity index (χ2n) is 8.73. The summed E-state index contributed by atoms with van der Waals surface area (Å²) in [6.07, 6.45) is 2.63. The van der Waals surface area contributed by atoms with Crippen LogP contribution in [0.4, 0.5) is 0 Å². The minimum atomic E-state index is -0.191. The van der Waals surface area contributed by atoms with Gasteiger partial charge in [-0.1, -0.05) is 94.1 Å². The lowest BCUT2D eigenvalue weighted by molar-refractivity contribution is 0.427. The van der Waals surface area contributed by atoms with Crippen LogP contribution in [0.15, 0.2) is 64.5 Å². The van der Waals surface area contributed by atoms with E-state index in [0.29, 0.717) is 11.8 Å². The molecule has 1 aliphatic carbocycles. The van der Waals surface area contributed by atoms with Gasteiger partial charge >= 0.3 is 0 Å². The van der Waals surface area contributed by atoms with Crippen LogP contribution >= 0.6 is 11.8 Å². The first-order valence-corrected chi connectivity index (χ1v) is 11.7. The van der Waals surface area contributed by atoms with E-state index >= 15 is 0 Å². The Labute approximate surface area is 183 Å². The van der Waals surface area contributed by atoms with Crippen molar-refractivity contribution in [3.05, 3.63) is 81.6 Å². The Morgan fingerprint density at radius 3 is 2.50 bits per heavy atom. The van der Waals surface area contributed by atoms with Gasteiger partial charge in [0.1, 0.15) is 0 Å². The van der Waals surface area contributed by atoms with Crippen LogP contribution in [0.2, 0.25) is 0 Å². The van der Waals surface area contributed by atoms with Crippen LogP contribution in [-0.2, 0) is 24.8 Å². The van der Waals surface area contributed by atoms with Gasteiger partial charge in [-0.3, -0.25) is 9.36 Å². The van der Waals surface area contributed by atoms with E-state index in [0.717, 1.165) is 41.2 Å². The minimum Gasteiger partial charge on any atom is -0.287 e. The number of hydrogen-bond acceptors (Lipinski definition) is 3. The molecule has 30 heavy (non-hydrogen) atoms. The molecule has 0 spiro atoms. The standard InChI is InChI=1S/C26H30N2OS/c1-5-26(4)17-20-13-9-10-14-21(20)23-22(26)24(29)28(25(27-23)30-18(2)3)16-15-19-11-7-6-8-12-19/h6-14,18H,5,15-17H2,1-4H3/t26-/m1/s1. The van der Waals surface area contributed by atoms with Gasteiger partial charge in [-0.25, -0.2) is 4.98 Å². The Kier molecular flexibility index (Phi) is 5.88. The third kappa shape index (κ3) is 3.85. The fourth-order valence-electron chi connectivity index (χ4n) is 4.37. The molecular formula is C26H30N2OS. The Hall–Kier alpha value is -2.33. The molecule has 1 aromatic heterocycles. The molecule has 3 nitrogen and oxygen atoms in total. The first-order valence-electron chi connectivity index (χ1n) is 10.9. The molecule has 3 aromatic rings. The van der Waals surface area contributed by atoms with Gasteiger partial charge in [0.25, 0.3) is 5.56 Å². The molecule has 0 aliphatic heterocycles. The molecule has 0 radical (unpaired) electrons. The van der Waals surface area contributed by atoms with E-state index in [4.69, 9.17) is 4.98 Å². The predicted octanol–water partition coefficient (Wildman–Crippen LogP) is 5.88. The van der Waals surface area contributed by atoms with Crippen molar-refractivity contribution in [1.29, 1.82) is 0 Å². The van der Waals surface area contributed by atoms with Crippen LogP contribution in [-0.4, -0.2) is 14.8 Å². The molecule has 0 bridgehead atoms. The molecular weight excluding hydrogens is 388 g/mol. The average Bonchev–Trinajstić information content (AvgIpc) is 2.73. The first kappa shape index (κ1) is 20.9. The van der Waals surface area contributed by atoms with Crippen molar-refractivity contribution in [2.24, 2.45) is 0 Å². The zero-order valence-electron chi connectivity index (χ0n) is 18.3. The largest absolute Gasteiger partial charge is 0.287 e. The number of aryl methyl sites for hydroxylation is 1. The summed E-state index contributed by atoms with van der Waals surface area (Å²) in [7, 11) is 0. The van der Waals surface area contributed by atoms with E-state index in [1.807, 2.05) is 10.6 Å². The number of aromatic nitrogens is 2. The van der Waals surface area contributed by atoms with E-state index in [9.17, 15) is 4.79 Å². The fourth-order valence-corrected chi connectivity index (χ4v) is 5.24. The summed E-state index contributed by atoms with van der Waals surface area (Å²) >= 11 is 1.68. The lowest BCUT2D eigenvalue weighted by Crippen LogP contribution is -2.40. The van der Waals surface area contributed by atoms with E-state index in [1.165, 1.54) is 11.1 Å². The lowest BCUT2D eigenvalue weighted by atomic mass is 9.69. The smallest absolute Gasteiger partial charge is 0.258 e. The Morgan fingerprint density at radius 1 is 1.10 bits per heavy atom. The van der Waals surface area contributed by atoms with Gasteiger partial charge in [-0.2, -0.15) is 0 Å². The molecule has 1 aliphatic rings. The van der Waals surface area contributed by atoms with Crippen LogP contribution in [0.1, 0.15) is 50.8 Å². The topological polar surface area (TPSA) is 34.9 Å². The monoisotopic (exact) mass is 418 g/mol. The second-order valence-corrected chi connectivity index (χ2v) is 10.3. The van der Waals surface area contributed by atoms with E-state index < -0.39 is 0 Å². The third-order valence-electron chi connectivity index (χ3n) is 6.18. The summed E-state index contributed by atoms with van der Waals surface area (Å²) in [4.78, 5) is 19.1. The molecule has 0 N–H and O–H groups in total. The molecule has 4 heteroatoms. The van der Waals surface area contributed by atoms with Crippen LogP contribution in [0.3, 0.4) is 0 Å². The molecule has 4 rings (SSSR count). The zero-order valence-corrected chi connectivity index (χ0v) is 19.1. The van der Waals surface area contributed by atoms with Gasteiger partial charge < -0.3 is 0 Å². The van der Waals surface area contributed by atoms with Crippen LogP contribution in [0, 0.1) is 0 Å². The van der Waals surface area contributed by atoms with Gasteiger partial charge in [0.2, 0.25) is 0 Å². The number of nitrogens with zero attached hydrogens (tertiary/aromatic N) is 2. The van der Waals surface area contributed by atoms with Crippen LogP contribution in [0.25, 0.3) is 11.3 Å². The second kappa shape index (κ2) is 8.43.